The van der Waals surface area contributed by atoms with E-state index in [1.165, 1.54) is 37.3 Å². The van der Waals surface area contributed by atoms with Gasteiger partial charge in [0, 0.05) is 18.7 Å². The second-order valence-corrected chi connectivity index (χ2v) is 5.32. The molecule has 3 heterocycles. The lowest BCUT2D eigenvalue weighted by molar-refractivity contribution is 0.219. The summed E-state index contributed by atoms with van der Waals surface area (Å²) in [4.78, 5) is 7.18. The average molecular weight is 258 g/mol. The Morgan fingerprint density at radius 2 is 2.16 bits per heavy atom. The first-order chi connectivity index (χ1) is 9.33. The highest BCUT2D eigenvalue weighted by atomic mass is 15.1. The van der Waals surface area contributed by atoms with Gasteiger partial charge in [-0.3, -0.25) is 0 Å². The third-order valence-electron chi connectivity index (χ3n) is 4.31. The minimum atomic E-state index is 0.573. The highest BCUT2D eigenvalue weighted by Gasteiger charge is 2.23. The zero-order valence-electron chi connectivity index (χ0n) is 11.5. The van der Waals surface area contributed by atoms with Gasteiger partial charge in [0.05, 0.1) is 11.7 Å². The summed E-state index contributed by atoms with van der Waals surface area (Å²) in [6.07, 6.45) is 6.51. The van der Waals surface area contributed by atoms with Crippen molar-refractivity contribution >= 4 is 5.52 Å². The quantitative estimate of drug-likeness (QED) is 0.916. The molecule has 0 radical (unpaired) electrons. The van der Waals surface area contributed by atoms with E-state index in [1.54, 1.807) is 0 Å². The zero-order chi connectivity index (χ0) is 13.2. The minimum Gasteiger partial charge on any atom is -0.326 e. The molecule has 2 aromatic rings. The van der Waals surface area contributed by atoms with Crippen LogP contribution < -0.4 is 5.73 Å². The number of hydrogen-bond acceptors (Lipinski definition) is 3. The Hall–Kier alpha value is -1.39. The van der Waals surface area contributed by atoms with Crippen molar-refractivity contribution in [2.45, 2.75) is 32.2 Å². The van der Waals surface area contributed by atoms with Crippen molar-refractivity contribution in [2.24, 2.45) is 5.73 Å². The Morgan fingerprint density at radius 3 is 2.84 bits per heavy atom. The van der Waals surface area contributed by atoms with Gasteiger partial charge in [0.1, 0.15) is 5.82 Å². The largest absolute Gasteiger partial charge is 0.326 e. The summed E-state index contributed by atoms with van der Waals surface area (Å²) in [5.41, 5.74) is 8.13. The number of aromatic nitrogens is 2. The van der Waals surface area contributed by atoms with Crippen molar-refractivity contribution in [3.63, 3.8) is 0 Å². The van der Waals surface area contributed by atoms with Crippen LogP contribution in [0.5, 0.6) is 0 Å². The van der Waals surface area contributed by atoms with Gasteiger partial charge < -0.3 is 15.0 Å². The summed E-state index contributed by atoms with van der Waals surface area (Å²) in [6.45, 7) is 6.34. The Bertz CT molecular complexity index is 552. The van der Waals surface area contributed by atoms with Gasteiger partial charge >= 0.3 is 0 Å². The van der Waals surface area contributed by atoms with Crippen LogP contribution in [0.1, 0.15) is 37.1 Å². The van der Waals surface area contributed by atoms with Crippen molar-refractivity contribution in [3.8, 4) is 0 Å². The van der Waals surface area contributed by atoms with E-state index >= 15 is 0 Å². The molecule has 0 atom stereocenters. The van der Waals surface area contributed by atoms with Crippen LogP contribution >= 0.6 is 0 Å². The van der Waals surface area contributed by atoms with Gasteiger partial charge in [-0.25, -0.2) is 4.98 Å². The molecule has 1 saturated heterocycles. The Kier molecular flexibility index (Phi) is 3.53. The summed E-state index contributed by atoms with van der Waals surface area (Å²) in [5, 5.41) is 0. The van der Waals surface area contributed by atoms with Gasteiger partial charge in [0.25, 0.3) is 0 Å². The van der Waals surface area contributed by atoms with E-state index in [2.05, 4.69) is 39.5 Å². The summed E-state index contributed by atoms with van der Waals surface area (Å²) >= 11 is 0. The van der Waals surface area contributed by atoms with Gasteiger partial charge in [-0.15, -0.1) is 0 Å². The third-order valence-corrected chi connectivity index (χ3v) is 4.31. The second kappa shape index (κ2) is 5.31. The van der Waals surface area contributed by atoms with Crippen LogP contribution in [0, 0.1) is 0 Å². The molecule has 1 aliphatic heterocycles. The summed E-state index contributed by atoms with van der Waals surface area (Å²) in [6, 6.07) is 4.15. The minimum absolute atomic E-state index is 0.573. The second-order valence-electron chi connectivity index (χ2n) is 5.32. The number of likely N-dealkylation sites (tertiary alicyclic amines) is 1. The first kappa shape index (κ1) is 12.6. The van der Waals surface area contributed by atoms with Crippen LogP contribution in [0.15, 0.2) is 24.5 Å². The van der Waals surface area contributed by atoms with Gasteiger partial charge in [-0.1, -0.05) is 13.0 Å². The van der Waals surface area contributed by atoms with Crippen molar-refractivity contribution < 1.29 is 0 Å². The fraction of sp³-hybridized carbons (Fsp3) is 0.533. The zero-order valence-corrected chi connectivity index (χ0v) is 11.5. The number of rotatable bonds is 3. The SMILES string of the molecule is CCN1CCC(c2ncc3c(CN)cccn23)CC1. The van der Waals surface area contributed by atoms with Crippen LogP contribution in [0.2, 0.25) is 0 Å². The normalized spacial score (nSPS) is 18.2. The first-order valence-corrected chi connectivity index (χ1v) is 7.20. The van der Waals surface area contributed by atoms with Gasteiger partial charge in [-0.2, -0.15) is 0 Å². The van der Waals surface area contributed by atoms with Gasteiger partial charge in [0.2, 0.25) is 0 Å². The van der Waals surface area contributed by atoms with Crippen LogP contribution in [0.4, 0.5) is 0 Å². The molecule has 4 nitrogen and oxygen atoms in total. The molecule has 3 rings (SSSR count). The van der Waals surface area contributed by atoms with E-state index in [0.717, 1.165) is 12.1 Å². The van der Waals surface area contributed by atoms with Crippen molar-refractivity contribution in [3.05, 3.63) is 35.9 Å². The molecule has 0 aliphatic carbocycles. The lowest BCUT2D eigenvalue weighted by atomic mass is 9.96. The Morgan fingerprint density at radius 1 is 1.37 bits per heavy atom. The van der Waals surface area contributed by atoms with Crippen LogP contribution in [-0.4, -0.2) is 33.9 Å². The van der Waals surface area contributed by atoms with Crippen LogP contribution in [-0.2, 0) is 6.54 Å². The molecule has 0 bridgehead atoms. The monoisotopic (exact) mass is 258 g/mol. The highest BCUT2D eigenvalue weighted by Crippen LogP contribution is 2.28. The molecule has 0 amide bonds. The van der Waals surface area contributed by atoms with Gasteiger partial charge in [-0.05, 0) is 44.1 Å². The fourth-order valence-electron chi connectivity index (χ4n) is 3.08. The molecule has 2 N–H and O–H groups in total. The predicted molar refractivity (Wildman–Crippen MR) is 77.2 cm³/mol. The highest BCUT2D eigenvalue weighted by molar-refractivity contribution is 5.54. The number of fused-ring (bicyclic) bond motifs is 1. The van der Waals surface area contributed by atoms with Crippen LogP contribution in [0.3, 0.4) is 0 Å². The molecule has 0 saturated carbocycles. The molecule has 102 valence electrons. The molecule has 1 aliphatic rings. The number of nitrogens with two attached hydrogens (primary N) is 1. The molecule has 2 aromatic heterocycles. The number of nitrogens with zero attached hydrogens (tertiary/aromatic N) is 3. The third kappa shape index (κ3) is 2.26. The first-order valence-electron chi connectivity index (χ1n) is 7.20. The average Bonchev–Trinajstić information content (AvgIpc) is 2.91. The smallest absolute Gasteiger partial charge is 0.116 e. The number of pyridine rings is 1. The van der Waals surface area contributed by atoms with E-state index in [9.17, 15) is 0 Å². The lowest BCUT2D eigenvalue weighted by Gasteiger charge is -2.30. The number of piperidine rings is 1. The fourth-order valence-corrected chi connectivity index (χ4v) is 3.08. The molecular weight excluding hydrogens is 236 g/mol. The Labute approximate surface area is 114 Å². The molecule has 0 spiro atoms. The summed E-state index contributed by atoms with van der Waals surface area (Å²) in [7, 11) is 0. The molecular formula is C15H22N4. The molecule has 4 heteroatoms. The number of hydrogen-bond donors (Lipinski definition) is 1. The molecule has 0 unspecified atom stereocenters. The van der Waals surface area contributed by atoms with E-state index in [0.29, 0.717) is 12.5 Å². The number of imidazole rings is 1. The van der Waals surface area contributed by atoms with E-state index in [-0.39, 0.29) is 0 Å². The molecule has 0 aromatic carbocycles. The van der Waals surface area contributed by atoms with Crippen molar-refractivity contribution in [1.82, 2.24) is 14.3 Å². The van der Waals surface area contributed by atoms with Crippen molar-refractivity contribution in [2.75, 3.05) is 19.6 Å². The summed E-state index contributed by atoms with van der Waals surface area (Å²) < 4.78 is 2.23. The van der Waals surface area contributed by atoms with E-state index in [4.69, 9.17) is 5.73 Å². The molecule has 19 heavy (non-hydrogen) atoms. The van der Waals surface area contributed by atoms with E-state index in [1.807, 2.05) is 6.20 Å². The Balaban J connectivity index is 1.90. The standard InChI is InChI=1S/C15H22N4/c1-2-18-8-5-12(6-9-18)15-17-11-14-13(10-16)4-3-7-19(14)15/h3-4,7,11-12H,2,5-6,8-10,16H2,1H3. The maximum absolute atomic E-state index is 5.79. The topological polar surface area (TPSA) is 46.6 Å². The summed E-state index contributed by atoms with van der Waals surface area (Å²) in [5.74, 6) is 1.79. The van der Waals surface area contributed by atoms with Gasteiger partial charge in [0.15, 0.2) is 0 Å². The van der Waals surface area contributed by atoms with E-state index < -0.39 is 0 Å². The maximum Gasteiger partial charge on any atom is 0.116 e. The lowest BCUT2D eigenvalue weighted by Crippen LogP contribution is -2.33. The molecule has 1 fully saturated rings. The predicted octanol–water partition coefficient (Wildman–Crippen LogP) is 1.99. The maximum atomic E-state index is 5.79. The van der Waals surface area contributed by atoms with Crippen molar-refractivity contribution in [1.29, 1.82) is 0 Å². The van der Waals surface area contributed by atoms with Crippen LogP contribution in [0.25, 0.3) is 5.52 Å².